The zero-order valence-electron chi connectivity index (χ0n) is 32.7. The van der Waals surface area contributed by atoms with Gasteiger partial charge in [-0.25, -0.2) is 19.6 Å². The molecule has 4 N–H and O–H groups in total. The summed E-state index contributed by atoms with van der Waals surface area (Å²) in [6, 6.07) is 10.0. The maximum atomic E-state index is 13.7. The van der Waals surface area contributed by atoms with Gasteiger partial charge in [-0.05, 0) is 86.8 Å². The molecule has 3 aliphatic rings. The molecule has 0 spiro atoms. The summed E-state index contributed by atoms with van der Waals surface area (Å²) in [7, 11) is 2.54. The van der Waals surface area contributed by atoms with E-state index >= 15 is 0 Å². The topological polar surface area (TPSA) is 175 Å². The van der Waals surface area contributed by atoms with Gasteiger partial charge in [0.2, 0.25) is 11.8 Å². The number of aryl methyl sites for hydroxylation is 2. The van der Waals surface area contributed by atoms with Gasteiger partial charge < -0.3 is 39.9 Å². The molecule has 0 radical (unpaired) electrons. The van der Waals surface area contributed by atoms with Crippen LogP contribution in [0.5, 0.6) is 0 Å². The molecule has 2 aromatic heterocycles. The van der Waals surface area contributed by atoms with Gasteiger partial charge in [0.1, 0.15) is 23.7 Å². The van der Waals surface area contributed by atoms with Crippen molar-refractivity contribution in [2.24, 2.45) is 5.92 Å². The summed E-state index contributed by atoms with van der Waals surface area (Å²) >= 11 is 0. The van der Waals surface area contributed by atoms with Gasteiger partial charge in [0.05, 0.1) is 48.7 Å². The summed E-state index contributed by atoms with van der Waals surface area (Å²) in [5.74, 6) is 10.1. The van der Waals surface area contributed by atoms with E-state index in [0.29, 0.717) is 18.9 Å². The first-order valence-corrected chi connectivity index (χ1v) is 19.6. The number of benzene rings is 2. The lowest BCUT2D eigenvalue weighted by Gasteiger charge is -2.30. The lowest BCUT2D eigenvalue weighted by Crippen LogP contribution is -2.51. The van der Waals surface area contributed by atoms with Crippen LogP contribution in [0.1, 0.15) is 98.5 Å². The normalized spacial score (nSPS) is 18.4. The fourth-order valence-corrected chi connectivity index (χ4v) is 8.20. The standard InChI is InChI=1S/C43H48N8O6/c1-6-10-32(47-42(54)56-4)40(52)50-21-8-13-34(50)38-44-30-20-18-27(24-33(30)46-38)16-15-26-17-19-29-28(23-26)11-7-12-31-37(29)48-39(45-31)35-14-9-22-51(35)41(53)36(25(2)3)49-43(55)57-5/h1,17-20,23-25,32,34-36H,7-14,21-22H2,2-5H3,(H,44,46)(H,45,48)(H,47,54)(H,49,55)/t32-,34-,35-,36-/m0/s1. The number of rotatable bonds is 8. The summed E-state index contributed by atoms with van der Waals surface area (Å²) in [5.41, 5.74) is 7.56. The van der Waals surface area contributed by atoms with E-state index in [2.05, 4.69) is 50.5 Å². The van der Waals surface area contributed by atoms with Crippen molar-refractivity contribution < 1.29 is 28.7 Å². The Morgan fingerprint density at radius 2 is 1.49 bits per heavy atom. The number of nitrogens with one attached hydrogen (secondary N) is 4. The van der Waals surface area contributed by atoms with E-state index in [9.17, 15) is 19.2 Å². The van der Waals surface area contributed by atoms with Gasteiger partial charge in [-0.15, -0.1) is 12.3 Å². The highest BCUT2D eigenvalue weighted by atomic mass is 16.5. The molecule has 296 valence electrons. The number of methoxy groups -OCH3 is 2. The van der Waals surface area contributed by atoms with Crippen LogP contribution in [0.3, 0.4) is 0 Å². The van der Waals surface area contributed by atoms with Gasteiger partial charge in [0, 0.05) is 36.2 Å². The molecule has 14 nitrogen and oxygen atoms in total. The Morgan fingerprint density at radius 3 is 2.18 bits per heavy atom. The Morgan fingerprint density at radius 1 is 0.842 bits per heavy atom. The second-order valence-electron chi connectivity index (χ2n) is 15.1. The minimum absolute atomic E-state index is 0.0518. The third kappa shape index (κ3) is 8.17. The predicted octanol–water partition coefficient (Wildman–Crippen LogP) is 5.30. The van der Waals surface area contributed by atoms with E-state index in [1.807, 2.05) is 43.0 Å². The number of carbonyl (C=O) groups excluding carboxylic acids is 4. The summed E-state index contributed by atoms with van der Waals surface area (Å²) in [6.07, 6.45) is 10.0. The number of hydrogen-bond donors (Lipinski definition) is 4. The van der Waals surface area contributed by atoms with Gasteiger partial charge in [-0.2, -0.15) is 0 Å². The van der Waals surface area contributed by atoms with E-state index in [1.54, 1.807) is 4.90 Å². The molecule has 57 heavy (non-hydrogen) atoms. The molecular weight excluding hydrogens is 725 g/mol. The minimum atomic E-state index is -0.886. The van der Waals surface area contributed by atoms with Crippen LogP contribution < -0.4 is 10.6 Å². The fourth-order valence-electron chi connectivity index (χ4n) is 8.20. The number of amides is 4. The molecule has 1 aliphatic carbocycles. The van der Waals surface area contributed by atoms with Gasteiger partial charge in [0.25, 0.3) is 0 Å². The number of fused-ring (bicyclic) bond motifs is 4. The van der Waals surface area contributed by atoms with E-state index in [0.717, 1.165) is 89.9 Å². The summed E-state index contributed by atoms with van der Waals surface area (Å²) in [6.45, 7) is 4.94. The number of hydrogen-bond acceptors (Lipinski definition) is 8. The smallest absolute Gasteiger partial charge is 0.407 e. The third-order valence-electron chi connectivity index (χ3n) is 11.1. The Labute approximate surface area is 331 Å². The number of aromatic nitrogens is 4. The molecule has 4 atom stereocenters. The first kappa shape index (κ1) is 39.0. The summed E-state index contributed by atoms with van der Waals surface area (Å²) < 4.78 is 9.48. The molecule has 0 unspecified atom stereocenters. The SMILES string of the molecule is C#CC[C@H](NC(=O)OC)C(=O)N1CCC[C@H]1c1nc2ccc(C#Cc3ccc4c(c3)CCCc3nc([C@@H]5CCCN5C(=O)[C@@H](NC(=O)OC)C(C)C)[nH]c3-4)cc2[nH]1. The van der Waals surface area contributed by atoms with Crippen molar-refractivity contribution in [1.82, 2.24) is 40.4 Å². The average Bonchev–Trinajstić information content (AvgIpc) is 4.03. The first-order valence-electron chi connectivity index (χ1n) is 19.6. The van der Waals surface area contributed by atoms with Crippen molar-refractivity contribution in [3.8, 4) is 35.4 Å². The van der Waals surface area contributed by atoms with Crippen molar-refractivity contribution >= 4 is 35.0 Å². The summed E-state index contributed by atoms with van der Waals surface area (Å²) in [5, 5.41) is 5.28. The van der Waals surface area contributed by atoms with Gasteiger partial charge >= 0.3 is 12.2 Å². The lowest BCUT2D eigenvalue weighted by molar-refractivity contribution is -0.135. The maximum absolute atomic E-state index is 13.7. The van der Waals surface area contributed by atoms with E-state index < -0.39 is 24.3 Å². The number of terminal acetylenes is 1. The Hall–Kier alpha value is -6.28. The third-order valence-corrected chi connectivity index (χ3v) is 11.1. The van der Waals surface area contributed by atoms with Crippen molar-refractivity contribution in [1.29, 1.82) is 0 Å². The molecule has 4 amide bonds. The number of nitrogens with zero attached hydrogens (tertiary/aromatic N) is 4. The van der Waals surface area contributed by atoms with Crippen LogP contribution in [-0.2, 0) is 31.9 Å². The van der Waals surface area contributed by atoms with E-state index in [-0.39, 0.29) is 36.2 Å². The molecule has 2 saturated heterocycles. The monoisotopic (exact) mass is 772 g/mol. The number of H-pyrrole nitrogens is 2. The minimum Gasteiger partial charge on any atom is -0.453 e. The van der Waals surface area contributed by atoms with Crippen LogP contribution in [0.15, 0.2) is 36.4 Å². The molecule has 2 fully saturated rings. The van der Waals surface area contributed by atoms with Crippen LogP contribution in [0.4, 0.5) is 9.59 Å². The number of aromatic amines is 2. The van der Waals surface area contributed by atoms with Crippen molar-refractivity contribution in [3.05, 3.63) is 70.4 Å². The van der Waals surface area contributed by atoms with Crippen molar-refractivity contribution in [3.63, 3.8) is 0 Å². The maximum Gasteiger partial charge on any atom is 0.407 e. The molecule has 4 heterocycles. The quantitative estimate of drug-likeness (QED) is 0.175. The van der Waals surface area contributed by atoms with Crippen LogP contribution in [-0.4, -0.2) is 93.1 Å². The molecule has 2 aromatic carbocycles. The van der Waals surface area contributed by atoms with Gasteiger partial charge in [0.15, 0.2) is 0 Å². The second-order valence-corrected chi connectivity index (χ2v) is 15.1. The highest BCUT2D eigenvalue weighted by Gasteiger charge is 2.39. The Bertz CT molecular complexity index is 2290. The lowest BCUT2D eigenvalue weighted by atomic mass is 9.99. The Balaban J connectivity index is 1.07. The molecule has 0 bridgehead atoms. The molecular formula is C43H48N8O6. The molecule has 14 heteroatoms. The van der Waals surface area contributed by atoms with Crippen LogP contribution in [0.2, 0.25) is 0 Å². The molecule has 7 rings (SSSR count). The summed E-state index contributed by atoms with van der Waals surface area (Å²) in [4.78, 5) is 71.5. The van der Waals surface area contributed by atoms with Crippen LogP contribution in [0, 0.1) is 30.1 Å². The number of likely N-dealkylation sites (tertiary alicyclic amines) is 2. The first-order chi connectivity index (χ1) is 27.6. The average molecular weight is 773 g/mol. The zero-order chi connectivity index (χ0) is 40.2. The number of alkyl carbamates (subject to hydrolysis) is 2. The van der Waals surface area contributed by atoms with E-state index in [4.69, 9.17) is 25.9 Å². The largest absolute Gasteiger partial charge is 0.453 e. The van der Waals surface area contributed by atoms with Crippen LogP contribution >= 0.6 is 0 Å². The second kappa shape index (κ2) is 16.8. The predicted molar refractivity (Wildman–Crippen MR) is 212 cm³/mol. The zero-order valence-corrected chi connectivity index (χ0v) is 32.7. The van der Waals surface area contributed by atoms with Crippen molar-refractivity contribution in [2.45, 2.75) is 89.4 Å². The van der Waals surface area contributed by atoms with Gasteiger partial charge in [-0.3, -0.25) is 9.59 Å². The fraction of sp³-hybridized carbons (Fsp3) is 0.442. The highest BCUT2D eigenvalue weighted by molar-refractivity contribution is 5.87. The molecule has 2 aliphatic heterocycles. The number of carbonyl (C=O) groups is 4. The number of imidazole rings is 2. The van der Waals surface area contributed by atoms with Crippen molar-refractivity contribution in [2.75, 3.05) is 27.3 Å². The molecule has 0 saturated carbocycles. The highest BCUT2D eigenvalue weighted by Crippen LogP contribution is 2.37. The number of ether oxygens (including phenoxy) is 2. The Kier molecular flexibility index (Phi) is 11.5. The van der Waals surface area contributed by atoms with Gasteiger partial charge in [-0.1, -0.05) is 31.8 Å². The molecule has 4 aromatic rings. The van der Waals surface area contributed by atoms with E-state index in [1.165, 1.54) is 19.8 Å². The van der Waals surface area contributed by atoms with Crippen LogP contribution in [0.25, 0.3) is 22.3 Å².